The van der Waals surface area contributed by atoms with Crippen molar-refractivity contribution in [3.05, 3.63) is 28.6 Å². The van der Waals surface area contributed by atoms with Crippen molar-refractivity contribution >= 4 is 15.9 Å². The highest BCUT2D eigenvalue weighted by Gasteiger charge is 2.20. The van der Waals surface area contributed by atoms with Crippen LogP contribution in [0.15, 0.2) is 6.20 Å². The van der Waals surface area contributed by atoms with Gasteiger partial charge in [-0.15, -0.1) is 0 Å². The Labute approximate surface area is 93.5 Å². The zero-order valence-electron chi connectivity index (χ0n) is 7.54. The first-order valence-electron chi connectivity index (χ1n) is 4.01. The standard InChI is InChI=1S/C9H7BrF2N2O/c10-1-6-7(4-15)14-3-5(2-13)8(6)9(11)12/h3,9,15H,1,4H2. The fourth-order valence-corrected chi connectivity index (χ4v) is 1.86. The molecule has 3 nitrogen and oxygen atoms in total. The van der Waals surface area contributed by atoms with Gasteiger partial charge >= 0.3 is 0 Å². The Morgan fingerprint density at radius 2 is 2.27 bits per heavy atom. The van der Waals surface area contributed by atoms with Gasteiger partial charge in [-0.1, -0.05) is 15.9 Å². The molecule has 0 saturated carbocycles. The van der Waals surface area contributed by atoms with E-state index < -0.39 is 13.0 Å². The maximum atomic E-state index is 12.7. The molecule has 1 aromatic rings. The van der Waals surface area contributed by atoms with E-state index in [1.807, 2.05) is 0 Å². The van der Waals surface area contributed by atoms with Gasteiger partial charge in [0.15, 0.2) is 0 Å². The third kappa shape index (κ3) is 2.30. The van der Waals surface area contributed by atoms with Crippen molar-refractivity contribution in [2.45, 2.75) is 18.4 Å². The van der Waals surface area contributed by atoms with Crippen LogP contribution in [-0.4, -0.2) is 10.1 Å². The van der Waals surface area contributed by atoms with Crippen molar-refractivity contribution in [3.8, 4) is 6.07 Å². The second-order valence-electron chi connectivity index (χ2n) is 2.72. The Bertz CT molecular complexity index is 404. The number of alkyl halides is 3. The lowest BCUT2D eigenvalue weighted by Crippen LogP contribution is -2.05. The van der Waals surface area contributed by atoms with Crippen LogP contribution in [0.4, 0.5) is 8.78 Å². The molecular weight excluding hydrogens is 270 g/mol. The fourth-order valence-electron chi connectivity index (χ4n) is 1.23. The molecule has 1 heterocycles. The predicted octanol–water partition coefficient (Wildman–Crippen LogP) is 2.28. The Morgan fingerprint density at radius 1 is 1.60 bits per heavy atom. The molecule has 0 saturated heterocycles. The minimum absolute atomic E-state index is 0.130. The normalized spacial score (nSPS) is 10.4. The lowest BCUT2D eigenvalue weighted by atomic mass is 10.0. The molecule has 0 fully saturated rings. The van der Waals surface area contributed by atoms with Gasteiger partial charge in [0.05, 0.1) is 17.9 Å². The van der Waals surface area contributed by atoms with Gasteiger partial charge in [0.25, 0.3) is 6.43 Å². The minimum Gasteiger partial charge on any atom is -0.390 e. The third-order valence-corrected chi connectivity index (χ3v) is 2.50. The van der Waals surface area contributed by atoms with Crippen molar-refractivity contribution in [2.24, 2.45) is 0 Å². The van der Waals surface area contributed by atoms with Crippen LogP contribution < -0.4 is 0 Å². The molecule has 80 valence electrons. The van der Waals surface area contributed by atoms with Gasteiger partial charge in [0.1, 0.15) is 6.07 Å². The second-order valence-corrected chi connectivity index (χ2v) is 3.28. The van der Waals surface area contributed by atoms with Gasteiger partial charge in [-0.05, 0) is 5.56 Å². The summed E-state index contributed by atoms with van der Waals surface area (Å²) in [4.78, 5) is 3.75. The quantitative estimate of drug-likeness (QED) is 0.862. The number of aliphatic hydroxyl groups excluding tert-OH is 1. The molecule has 0 radical (unpaired) electrons. The van der Waals surface area contributed by atoms with Crippen LogP contribution in [0.3, 0.4) is 0 Å². The summed E-state index contributed by atoms with van der Waals surface area (Å²) in [6, 6.07) is 1.66. The first kappa shape index (κ1) is 12.0. The van der Waals surface area contributed by atoms with Gasteiger partial charge in [0.2, 0.25) is 0 Å². The monoisotopic (exact) mass is 276 g/mol. The Kier molecular flexibility index (Phi) is 4.12. The number of pyridine rings is 1. The number of hydrogen-bond donors (Lipinski definition) is 1. The maximum Gasteiger partial charge on any atom is 0.265 e. The fraction of sp³-hybridized carbons (Fsp3) is 0.333. The number of halogens is 3. The Hall–Kier alpha value is -1.06. The van der Waals surface area contributed by atoms with Crippen molar-refractivity contribution < 1.29 is 13.9 Å². The molecule has 1 aromatic heterocycles. The van der Waals surface area contributed by atoms with Crippen LogP contribution in [0.2, 0.25) is 0 Å². The number of aliphatic hydroxyl groups is 1. The highest BCUT2D eigenvalue weighted by molar-refractivity contribution is 9.08. The number of nitrogens with zero attached hydrogens (tertiary/aromatic N) is 2. The summed E-state index contributed by atoms with van der Waals surface area (Å²) in [6.45, 7) is -0.424. The first-order chi connectivity index (χ1) is 7.15. The van der Waals surface area contributed by atoms with Crippen LogP contribution in [0.1, 0.15) is 28.8 Å². The SMILES string of the molecule is N#Cc1cnc(CO)c(CBr)c1C(F)F. The van der Waals surface area contributed by atoms with Gasteiger partial charge in [-0.3, -0.25) is 4.98 Å². The van der Waals surface area contributed by atoms with Crippen molar-refractivity contribution in [2.75, 3.05) is 0 Å². The molecule has 0 atom stereocenters. The van der Waals surface area contributed by atoms with E-state index in [1.54, 1.807) is 6.07 Å². The van der Waals surface area contributed by atoms with Crippen LogP contribution >= 0.6 is 15.9 Å². The number of aromatic nitrogens is 1. The van der Waals surface area contributed by atoms with E-state index >= 15 is 0 Å². The number of rotatable bonds is 3. The predicted molar refractivity (Wildman–Crippen MR) is 52.5 cm³/mol. The Morgan fingerprint density at radius 3 is 2.67 bits per heavy atom. The largest absolute Gasteiger partial charge is 0.390 e. The topological polar surface area (TPSA) is 56.9 Å². The molecule has 1 rings (SSSR count). The highest BCUT2D eigenvalue weighted by Crippen LogP contribution is 2.29. The van der Waals surface area contributed by atoms with Crippen molar-refractivity contribution in [1.82, 2.24) is 4.98 Å². The summed E-state index contributed by atoms with van der Waals surface area (Å²) in [5.74, 6) is 0. The number of nitriles is 1. The van der Waals surface area contributed by atoms with Gasteiger partial charge in [-0.25, -0.2) is 8.78 Å². The van der Waals surface area contributed by atoms with Crippen molar-refractivity contribution in [3.63, 3.8) is 0 Å². The summed E-state index contributed by atoms with van der Waals surface area (Å²) < 4.78 is 25.4. The van der Waals surface area contributed by atoms with E-state index in [1.165, 1.54) is 0 Å². The van der Waals surface area contributed by atoms with E-state index in [-0.39, 0.29) is 27.7 Å². The summed E-state index contributed by atoms with van der Waals surface area (Å²) in [5.41, 5.74) is -0.155. The lowest BCUT2D eigenvalue weighted by molar-refractivity contribution is 0.149. The summed E-state index contributed by atoms with van der Waals surface area (Å²) in [5, 5.41) is 17.7. The molecule has 6 heteroatoms. The average molecular weight is 277 g/mol. The zero-order valence-corrected chi connectivity index (χ0v) is 9.13. The minimum atomic E-state index is -2.75. The van der Waals surface area contributed by atoms with Crippen LogP contribution in [0, 0.1) is 11.3 Å². The highest BCUT2D eigenvalue weighted by atomic mass is 79.9. The van der Waals surface area contributed by atoms with E-state index in [9.17, 15) is 8.78 Å². The third-order valence-electron chi connectivity index (χ3n) is 1.94. The Balaban J connectivity index is 3.46. The maximum absolute atomic E-state index is 12.7. The average Bonchev–Trinajstić information content (AvgIpc) is 2.26. The van der Waals surface area contributed by atoms with E-state index in [4.69, 9.17) is 10.4 Å². The van der Waals surface area contributed by atoms with E-state index in [0.29, 0.717) is 0 Å². The molecule has 0 spiro atoms. The molecule has 0 amide bonds. The summed E-state index contributed by atoms with van der Waals surface area (Å²) >= 11 is 3.04. The molecule has 0 aromatic carbocycles. The van der Waals surface area contributed by atoms with Crippen molar-refractivity contribution in [1.29, 1.82) is 5.26 Å². The van der Waals surface area contributed by atoms with Gasteiger partial charge in [0, 0.05) is 17.1 Å². The van der Waals surface area contributed by atoms with Crippen LogP contribution in [-0.2, 0) is 11.9 Å². The van der Waals surface area contributed by atoms with Gasteiger partial charge in [-0.2, -0.15) is 5.26 Å². The molecule has 1 N–H and O–H groups in total. The first-order valence-corrected chi connectivity index (χ1v) is 5.13. The number of hydrogen-bond acceptors (Lipinski definition) is 3. The second kappa shape index (κ2) is 5.14. The van der Waals surface area contributed by atoms with E-state index in [0.717, 1.165) is 6.20 Å². The molecule has 0 aliphatic heterocycles. The lowest BCUT2D eigenvalue weighted by Gasteiger charge is -2.11. The molecule has 0 bridgehead atoms. The molecule has 0 aliphatic carbocycles. The van der Waals surface area contributed by atoms with Crippen LogP contribution in [0.25, 0.3) is 0 Å². The van der Waals surface area contributed by atoms with E-state index in [2.05, 4.69) is 20.9 Å². The van der Waals surface area contributed by atoms with Gasteiger partial charge < -0.3 is 5.11 Å². The molecule has 0 aliphatic rings. The zero-order chi connectivity index (χ0) is 11.4. The van der Waals surface area contributed by atoms with Crippen LogP contribution in [0.5, 0.6) is 0 Å². The summed E-state index contributed by atoms with van der Waals surface area (Å²) in [7, 11) is 0. The molecule has 15 heavy (non-hydrogen) atoms. The molecular formula is C9H7BrF2N2O. The smallest absolute Gasteiger partial charge is 0.265 e. The molecule has 0 unspecified atom stereocenters. The summed E-state index contributed by atoms with van der Waals surface area (Å²) in [6.07, 6.45) is -1.69.